The van der Waals surface area contributed by atoms with E-state index in [1.54, 1.807) is 33.1 Å². The van der Waals surface area contributed by atoms with E-state index in [0.717, 1.165) is 38.4 Å². The van der Waals surface area contributed by atoms with Crippen LogP contribution in [0.3, 0.4) is 0 Å². The number of nitriles is 1. The first-order valence-electron chi connectivity index (χ1n) is 11.8. The van der Waals surface area contributed by atoms with Gasteiger partial charge in [0, 0.05) is 52.0 Å². The number of benzene rings is 1. The molecular formula is C24H26N10O2. The summed E-state index contributed by atoms with van der Waals surface area (Å²) in [5, 5.41) is 10.5. The highest BCUT2D eigenvalue weighted by molar-refractivity contribution is 6.14. The Morgan fingerprint density at radius 2 is 1.89 bits per heavy atom. The van der Waals surface area contributed by atoms with Crippen LogP contribution in [0.5, 0.6) is 0 Å². The molecule has 2 aliphatic rings. The topological polar surface area (TPSA) is 129 Å². The van der Waals surface area contributed by atoms with Crippen molar-refractivity contribution >= 4 is 23.0 Å². The number of anilines is 2. The van der Waals surface area contributed by atoms with E-state index in [4.69, 9.17) is 20.5 Å². The number of hydrogen-bond donors (Lipinski definition) is 1. The first kappa shape index (κ1) is 22.1. The van der Waals surface area contributed by atoms with Crippen LogP contribution in [0.2, 0.25) is 0 Å². The zero-order valence-electron chi connectivity index (χ0n) is 19.9. The highest BCUT2D eigenvalue weighted by Crippen LogP contribution is 2.27. The summed E-state index contributed by atoms with van der Waals surface area (Å²) in [6, 6.07) is 13.5. The van der Waals surface area contributed by atoms with Crippen molar-refractivity contribution in [3.8, 4) is 6.07 Å². The van der Waals surface area contributed by atoms with E-state index in [-0.39, 0.29) is 12.4 Å². The molecule has 12 nitrogen and oxygen atoms in total. The molecule has 1 saturated heterocycles. The van der Waals surface area contributed by atoms with Crippen LogP contribution in [-0.2, 0) is 13.6 Å². The summed E-state index contributed by atoms with van der Waals surface area (Å²) in [6.07, 6.45) is 1.59. The molecule has 0 unspecified atom stereocenters. The van der Waals surface area contributed by atoms with Gasteiger partial charge in [0.25, 0.3) is 0 Å². The third-order valence-electron chi connectivity index (χ3n) is 6.87. The van der Waals surface area contributed by atoms with Crippen LogP contribution in [0.1, 0.15) is 17.0 Å². The quantitative estimate of drug-likeness (QED) is 0.406. The van der Waals surface area contributed by atoms with Crippen LogP contribution < -0.4 is 21.4 Å². The average molecular weight is 487 g/mol. The van der Waals surface area contributed by atoms with E-state index in [1.807, 2.05) is 30.3 Å². The largest absolute Gasteiger partial charge is 0.463 e. The van der Waals surface area contributed by atoms with Crippen molar-refractivity contribution in [1.82, 2.24) is 23.6 Å². The molecule has 5 heterocycles. The molecule has 36 heavy (non-hydrogen) atoms. The van der Waals surface area contributed by atoms with Gasteiger partial charge in [0.05, 0.1) is 17.9 Å². The maximum absolute atomic E-state index is 13.2. The van der Waals surface area contributed by atoms with Crippen LogP contribution in [-0.4, -0.2) is 68.8 Å². The SMILES string of the molecule is Cn1c(=O)n(CCN2CCN(c3ccc(C#N)cc3)CC2)c2nc3c(n21)C(c1ccco1)=NCN3N. The second-order valence-corrected chi connectivity index (χ2v) is 8.94. The van der Waals surface area contributed by atoms with Gasteiger partial charge >= 0.3 is 5.69 Å². The highest BCUT2D eigenvalue weighted by atomic mass is 16.3. The van der Waals surface area contributed by atoms with Crippen molar-refractivity contribution in [1.29, 1.82) is 5.26 Å². The van der Waals surface area contributed by atoms with Crippen molar-refractivity contribution in [2.75, 3.05) is 49.3 Å². The molecule has 2 N–H and O–H groups in total. The molecule has 0 radical (unpaired) electrons. The van der Waals surface area contributed by atoms with Crippen LogP contribution >= 0.6 is 0 Å². The van der Waals surface area contributed by atoms with Gasteiger partial charge < -0.3 is 9.32 Å². The Kier molecular flexibility index (Phi) is 5.36. The fourth-order valence-corrected chi connectivity index (χ4v) is 4.91. The average Bonchev–Trinajstić information content (AvgIpc) is 3.63. The molecule has 0 spiro atoms. The number of aryl methyl sites for hydroxylation is 1. The number of aromatic nitrogens is 4. The Hall–Kier alpha value is -4.34. The lowest BCUT2D eigenvalue weighted by atomic mass is 10.2. The predicted octanol–water partition coefficient (Wildman–Crippen LogP) is 0.610. The van der Waals surface area contributed by atoms with E-state index in [0.29, 0.717) is 40.9 Å². The van der Waals surface area contributed by atoms with E-state index < -0.39 is 0 Å². The van der Waals surface area contributed by atoms with Gasteiger partial charge in [-0.25, -0.2) is 19.8 Å². The standard InChI is InChI=1S/C24H26N10O2/c1-29-24(35)32(13-10-30-8-11-31(12-9-30)18-6-4-17(15-25)5-7-18)23-28-22-21(34(23)29)20(27-16-33(22)26)19-3-2-14-36-19/h2-7,14H,8-13,16,26H2,1H3. The molecule has 1 fully saturated rings. The van der Waals surface area contributed by atoms with Crippen LogP contribution in [0.15, 0.2) is 56.9 Å². The molecule has 1 aromatic carbocycles. The second kappa shape index (κ2) is 8.71. The zero-order chi connectivity index (χ0) is 24.8. The third kappa shape index (κ3) is 3.57. The Bertz CT molecular complexity index is 1530. The normalized spacial score (nSPS) is 16.3. The van der Waals surface area contributed by atoms with Crippen LogP contribution in [0, 0.1) is 11.3 Å². The van der Waals surface area contributed by atoms with Crippen LogP contribution in [0.4, 0.5) is 11.5 Å². The Morgan fingerprint density at radius 1 is 1.11 bits per heavy atom. The number of hydrazine groups is 1. The molecule has 0 saturated carbocycles. The first-order chi connectivity index (χ1) is 17.5. The van der Waals surface area contributed by atoms with Gasteiger partial charge in [-0.05, 0) is 36.4 Å². The molecule has 6 rings (SSSR count). The number of nitrogens with two attached hydrogens (primary N) is 1. The molecule has 0 atom stereocenters. The predicted molar refractivity (Wildman–Crippen MR) is 134 cm³/mol. The van der Waals surface area contributed by atoms with Gasteiger partial charge in [-0.3, -0.25) is 19.5 Å². The number of aliphatic imine (C=N–C) groups is 1. The van der Waals surface area contributed by atoms with Crippen molar-refractivity contribution in [3.05, 3.63) is 70.2 Å². The van der Waals surface area contributed by atoms with E-state index >= 15 is 0 Å². The van der Waals surface area contributed by atoms with E-state index in [1.165, 1.54) is 5.01 Å². The van der Waals surface area contributed by atoms with Crippen molar-refractivity contribution < 1.29 is 4.42 Å². The molecule has 2 aliphatic heterocycles. The summed E-state index contributed by atoms with van der Waals surface area (Å²) < 4.78 is 10.6. The van der Waals surface area contributed by atoms with Crippen molar-refractivity contribution in [3.63, 3.8) is 0 Å². The Balaban J connectivity index is 1.21. The molecule has 12 heteroatoms. The van der Waals surface area contributed by atoms with Crippen molar-refractivity contribution in [2.24, 2.45) is 17.9 Å². The minimum atomic E-state index is -0.149. The summed E-state index contributed by atoms with van der Waals surface area (Å²) in [7, 11) is 1.72. The first-order valence-corrected chi connectivity index (χ1v) is 11.8. The van der Waals surface area contributed by atoms with Gasteiger partial charge in [-0.15, -0.1) is 0 Å². The monoisotopic (exact) mass is 486 g/mol. The number of hydrogen-bond acceptors (Lipinski definition) is 9. The fourth-order valence-electron chi connectivity index (χ4n) is 4.91. The number of piperazine rings is 1. The van der Waals surface area contributed by atoms with Gasteiger partial charge in [0.1, 0.15) is 18.1 Å². The molecule has 0 amide bonds. The molecule has 0 bridgehead atoms. The summed E-state index contributed by atoms with van der Waals surface area (Å²) in [6.45, 7) is 5.02. The molecule has 3 aromatic heterocycles. The van der Waals surface area contributed by atoms with Gasteiger partial charge in [0.15, 0.2) is 11.6 Å². The van der Waals surface area contributed by atoms with E-state index in [2.05, 4.69) is 20.9 Å². The van der Waals surface area contributed by atoms with Crippen LogP contribution in [0.25, 0.3) is 5.78 Å². The molecule has 0 aliphatic carbocycles. The lowest BCUT2D eigenvalue weighted by Crippen LogP contribution is -2.47. The number of imidazole rings is 1. The summed E-state index contributed by atoms with van der Waals surface area (Å²) in [5.41, 5.74) is 2.90. The Labute approximate surface area is 206 Å². The lowest BCUT2D eigenvalue weighted by molar-refractivity contribution is 0.248. The minimum absolute atomic E-state index is 0.149. The number of nitrogens with zero attached hydrogens (tertiary/aromatic N) is 9. The lowest BCUT2D eigenvalue weighted by Gasteiger charge is -2.36. The maximum atomic E-state index is 13.2. The smallest absolute Gasteiger partial charge is 0.345 e. The maximum Gasteiger partial charge on any atom is 0.345 e. The number of furan rings is 1. The molecule has 184 valence electrons. The molecular weight excluding hydrogens is 460 g/mol. The summed E-state index contributed by atoms with van der Waals surface area (Å²) in [4.78, 5) is 27.2. The van der Waals surface area contributed by atoms with Gasteiger partial charge in [-0.1, -0.05) is 0 Å². The van der Waals surface area contributed by atoms with Gasteiger partial charge in [0.2, 0.25) is 5.78 Å². The minimum Gasteiger partial charge on any atom is -0.463 e. The highest BCUT2D eigenvalue weighted by Gasteiger charge is 2.31. The second-order valence-electron chi connectivity index (χ2n) is 8.94. The fraction of sp³-hybridized carbons (Fsp3) is 0.333. The summed E-state index contributed by atoms with van der Waals surface area (Å²) >= 11 is 0. The van der Waals surface area contributed by atoms with Gasteiger partial charge in [-0.2, -0.15) is 10.2 Å². The Morgan fingerprint density at radius 3 is 2.58 bits per heavy atom. The number of fused-ring (bicyclic) bond motifs is 3. The molecule has 4 aromatic rings. The third-order valence-corrected chi connectivity index (χ3v) is 6.87. The summed E-state index contributed by atoms with van der Waals surface area (Å²) in [5.74, 6) is 7.88. The number of rotatable bonds is 5. The van der Waals surface area contributed by atoms with E-state index in [9.17, 15) is 4.79 Å². The zero-order valence-corrected chi connectivity index (χ0v) is 19.9. The van der Waals surface area contributed by atoms with Crippen molar-refractivity contribution in [2.45, 2.75) is 6.54 Å².